The van der Waals surface area contributed by atoms with Crippen molar-refractivity contribution in [3.8, 4) is 6.19 Å². The zero-order valence-electron chi connectivity index (χ0n) is 8.20. The van der Waals surface area contributed by atoms with E-state index >= 15 is 0 Å². The van der Waals surface area contributed by atoms with Crippen LogP contribution in [-0.2, 0) is 6.54 Å². The van der Waals surface area contributed by atoms with E-state index in [2.05, 4.69) is 10.3 Å². The van der Waals surface area contributed by atoms with Crippen molar-refractivity contribution in [1.29, 1.82) is 5.26 Å². The Morgan fingerprint density at radius 3 is 2.93 bits per heavy atom. The van der Waals surface area contributed by atoms with E-state index in [1.54, 1.807) is 30.6 Å². The van der Waals surface area contributed by atoms with Crippen molar-refractivity contribution >= 4 is 16.9 Å². The lowest BCUT2D eigenvalue weighted by molar-refractivity contribution is 0.611. The molecule has 0 bridgehead atoms. The molecule has 0 saturated heterocycles. The number of rotatable bonds is 2. The summed E-state index contributed by atoms with van der Waals surface area (Å²) < 4.78 is 13.2. The van der Waals surface area contributed by atoms with Gasteiger partial charge >= 0.3 is 0 Å². The molecular weight excluding hydrogens is 213 g/mol. The van der Waals surface area contributed by atoms with Gasteiger partial charge in [0.25, 0.3) is 0 Å². The Kier molecular flexibility index (Phi) is 4.64. The van der Waals surface area contributed by atoms with E-state index in [1.807, 2.05) is 0 Å². The van der Waals surface area contributed by atoms with Gasteiger partial charge in [0.05, 0.1) is 6.54 Å². The summed E-state index contributed by atoms with van der Waals surface area (Å²) in [6.45, 7) is 0.234. The second kappa shape index (κ2) is 6.04. The summed E-state index contributed by atoms with van der Waals surface area (Å²) in [5.41, 5.74) is 0.517. The fourth-order valence-electron chi connectivity index (χ4n) is 0.987. The van der Waals surface area contributed by atoms with Crippen LogP contribution in [0.4, 0.5) is 4.39 Å². The van der Waals surface area contributed by atoms with Crippen LogP contribution in [0.15, 0.2) is 29.3 Å². The molecule has 0 radical (unpaired) electrons. The Bertz CT molecular complexity index is 398. The zero-order chi connectivity index (χ0) is 11.1. The molecule has 0 aliphatic rings. The van der Waals surface area contributed by atoms with Gasteiger partial charge in [0.2, 0.25) is 0 Å². The van der Waals surface area contributed by atoms with E-state index in [0.29, 0.717) is 10.7 Å². The SMILES string of the molecule is CSC(=NCc1ccccc1F)NC#N. The Morgan fingerprint density at radius 1 is 1.60 bits per heavy atom. The standard InChI is InChI=1S/C10H10FN3S/c1-15-10(14-7-12)13-6-8-4-2-3-5-9(8)11/h2-5H,6H2,1H3,(H,13,14). The molecule has 0 heterocycles. The summed E-state index contributed by atoms with van der Waals surface area (Å²) in [5.74, 6) is -0.279. The molecule has 0 fully saturated rings. The monoisotopic (exact) mass is 223 g/mol. The number of halogens is 1. The maximum atomic E-state index is 13.2. The Morgan fingerprint density at radius 2 is 2.33 bits per heavy atom. The molecule has 1 rings (SSSR count). The molecule has 3 nitrogen and oxygen atoms in total. The van der Waals surface area contributed by atoms with Gasteiger partial charge in [-0.2, -0.15) is 5.26 Å². The minimum absolute atomic E-state index is 0.234. The van der Waals surface area contributed by atoms with Gasteiger partial charge in [-0.3, -0.25) is 10.3 Å². The number of thioether (sulfide) groups is 1. The topological polar surface area (TPSA) is 48.2 Å². The Balaban J connectivity index is 2.71. The smallest absolute Gasteiger partial charge is 0.183 e. The number of hydrogen-bond acceptors (Lipinski definition) is 3. The summed E-state index contributed by atoms with van der Waals surface area (Å²) >= 11 is 1.31. The van der Waals surface area contributed by atoms with Crippen molar-refractivity contribution in [2.75, 3.05) is 6.26 Å². The Hall–Kier alpha value is -1.54. The third kappa shape index (κ3) is 3.60. The average Bonchev–Trinajstić information content (AvgIpc) is 2.26. The summed E-state index contributed by atoms with van der Waals surface area (Å²) in [6, 6.07) is 6.44. The predicted molar refractivity (Wildman–Crippen MR) is 59.8 cm³/mol. The first kappa shape index (κ1) is 11.5. The van der Waals surface area contributed by atoms with E-state index in [4.69, 9.17) is 5.26 Å². The third-order valence-electron chi connectivity index (χ3n) is 1.71. The van der Waals surface area contributed by atoms with Crippen molar-refractivity contribution in [3.63, 3.8) is 0 Å². The first-order valence-electron chi connectivity index (χ1n) is 4.25. The number of benzene rings is 1. The van der Waals surface area contributed by atoms with Crippen LogP contribution in [0.5, 0.6) is 0 Å². The molecule has 0 amide bonds. The quantitative estimate of drug-likeness (QED) is 0.361. The number of nitriles is 1. The second-order valence-electron chi connectivity index (χ2n) is 2.65. The van der Waals surface area contributed by atoms with Gasteiger partial charge in [0.1, 0.15) is 5.82 Å². The van der Waals surface area contributed by atoms with Crippen molar-refractivity contribution in [2.24, 2.45) is 4.99 Å². The van der Waals surface area contributed by atoms with Gasteiger partial charge in [-0.05, 0) is 12.3 Å². The lowest BCUT2D eigenvalue weighted by atomic mass is 10.2. The van der Waals surface area contributed by atoms with E-state index in [0.717, 1.165) is 0 Å². The van der Waals surface area contributed by atoms with Crippen LogP contribution in [0.3, 0.4) is 0 Å². The molecule has 0 atom stereocenters. The molecule has 0 unspecified atom stereocenters. The highest BCUT2D eigenvalue weighted by atomic mass is 32.2. The van der Waals surface area contributed by atoms with Crippen molar-refractivity contribution in [3.05, 3.63) is 35.6 Å². The van der Waals surface area contributed by atoms with Crippen molar-refractivity contribution in [1.82, 2.24) is 5.32 Å². The molecule has 5 heteroatoms. The van der Waals surface area contributed by atoms with Gasteiger partial charge in [-0.25, -0.2) is 4.39 Å². The first-order valence-corrected chi connectivity index (χ1v) is 5.47. The number of nitrogens with zero attached hydrogens (tertiary/aromatic N) is 2. The van der Waals surface area contributed by atoms with Gasteiger partial charge in [-0.15, -0.1) is 0 Å². The molecule has 0 aromatic heterocycles. The average molecular weight is 223 g/mol. The highest BCUT2D eigenvalue weighted by Gasteiger charge is 2.00. The van der Waals surface area contributed by atoms with E-state index < -0.39 is 0 Å². The minimum Gasteiger partial charge on any atom is -0.272 e. The molecular formula is C10H10FN3S. The van der Waals surface area contributed by atoms with E-state index in [9.17, 15) is 4.39 Å². The largest absolute Gasteiger partial charge is 0.272 e. The van der Waals surface area contributed by atoms with Crippen LogP contribution < -0.4 is 5.32 Å². The normalized spacial score (nSPS) is 10.9. The fraction of sp³-hybridized carbons (Fsp3) is 0.200. The molecule has 1 N–H and O–H groups in total. The minimum atomic E-state index is -0.279. The third-order valence-corrected chi connectivity index (χ3v) is 2.32. The first-order chi connectivity index (χ1) is 7.27. The maximum absolute atomic E-state index is 13.2. The van der Waals surface area contributed by atoms with Crippen molar-refractivity contribution in [2.45, 2.75) is 6.54 Å². The van der Waals surface area contributed by atoms with Crippen LogP contribution >= 0.6 is 11.8 Å². The summed E-state index contributed by atoms with van der Waals surface area (Å²) in [6.07, 6.45) is 3.57. The number of hydrogen-bond donors (Lipinski definition) is 1. The lowest BCUT2D eigenvalue weighted by Crippen LogP contribution is -2.13. The molecule has 1 aromatic carbocycles. The second-order valence-corrected chi connectivity index (χ2v) is 3.45. The molecule has 0 aliphatic carbocycles. The molecule has 1 aromatic rings. The molecule has 0 aliphatic heterocycles. The van der Waals surface area contributed by atoms with Crippen LogP contribution in [-0.4, -0.2) is 11.4 Å². The molecule has 0 spiro atoms. The summed E-state index contributed by atoms with van der Waals surface area (Å²) in [5, 5.41) is 11.3. The highest BCUT2D eigenvalue weighted by Crippen LogP contribution is 2.08. The highest BCUT2D eigenvalue weighted by molar-refractivity contribution is 8.13. The number of aliphatic imine (C=N–C) groups is 1. The number of nitrogens with one attached hydrogen (secondary N) is 1. The maximum Gasteiger partial charge on any atom is 0.183 e. The van der Waals surface area contributed by atoms with Gasteiger partial charge in [-0.1, -0.05) is 30.0 Å². The Labute approximate surface area is 92.0 Å². The van der Waals surface area contributed by atoms with Crippen molar-refractivity contribution < 1.29 is 4.39 Å². The van der Waals surface area contributed by atoms with Gasteiger partial charge < -0.3 is 0 Å². The van der Waals surface area contributed by atoms with E-state index in [-0.39, 0.29) is 12.4 Å². The lowest BCUT2D eigenvalue weighted by Gasteiger charge is -2.01. The predicted octanol–water partition coefficient (Wildman–Crippen LogP) is 2.12. The van der Waals surface area contributed by atoms with E-state index in [1.165, 1.54) is 17.8 Å². The zero-order valence-corrected chi connectivity index (χ0v) is 9.01. The van der Waals surface area contributed by atoms with Gasteiger partial charge in [0.15, 0.2) is 11.4 Å². The fourth-order valence-corrected chi connectivity index (χ4v) is 1.33. The van der Waals surface area contributed by atoms with Gasteiger partial charge in [0, 0.05) is 5.56 Å². The van der Waals surface area contributed by atoms with Crippen LogP contribution in [0, 0.1) is 17.3 Å². The van der Waals surface area contributed by atoms with Crippen LogP contribution in [0.25, 0.3) is 0 Å². The molecule has 15 heavy (non-hydrogen) atoms. The summed E-state index contributed by atoms with van der Waals surface area (Å²) in [7, 11) is 0. The molecule has 0 saturated carbocycles. The number of amidine groups is 1. The molecule has 78 valence electrons. The van der Waals surface area contributed by atoms with Crippen LogP contribution in [0.2, 0.25) is 0 Å². The summed E-state index contributed by atoms with van der Waals surface area (Å²) in [4.78, 5) is 4.07. The van der Waals surface area contributed by atoms with Crippen LogP contribution in [0.1, 0.15) is 5.56 Å².